The van der Waals surface area contributed by atoms with E-state index >= 15 is 0 Å². The standard InChI is InChI=1S/C11H22N2O3S/c1-16-11-6-2-5-10(11)13-17(14,15)8-9-4-3-7-12-9/h9-13H,2-8H2,1H3. The third-order valence-corrected chi connectivity index (χ3v) is 5.17. The quantitative estimate of drug-likeness (QED) is 0.744. The van der Waals surface area contributed by atoms with E-state index in [4.69, 9.17) is 4.74 Å². The summed E-state index contributed by atoms with van der Waals surface area (Å²) in [5.41, 5.74) is 0. The normalized spacial score (nSPS) is 34.3. The zero-order chi connectivity index (χ0) is 12.3. The van der Waals surface area contributed by atoms with Gasteiger partial charge in [-0.05, 0) is 38.6 Å². The van der Waals surface area contributed by atoms with Gasteiger partial charge in [0.25, 0.3) is 0 Å². The topological polar surface area (TPSA) is 67.4 Å². The lowest BCUT2D eigenvalue weighted by Gasteiger charge is -2.20. The van der Waals surface area contributed by atoms with Gasteiger partial charge in [-0.3, -0.25) is 0 Å². The average Bonchev–Trinajstić information content (AvgIpc) is 2.87. The third-order valence-electron chi connectivity index (χ3n) is 3.67. The fraction of sp³-hybridized carbons (Fsp3) is 1.00. The van der Waals surface area contributed by atoms with Crippen LogP contribution >= 0.6 is 0 Å². The predicted octanol–water partition coefficient (Wildman–Crippen LogP) is 0.225. The Hall–Kier alpha value is -0.170. The van der Waals surface area contributed by atoms with Crippen molar-refractivity contribution in [3.05, 3.63) is 0 Å². The van der Waals surface area contributed by atoms with Crippen molar-refractivity contribution in [2.75, 3.05) is 19.4 Å². The second-order valence-electron chi connectivity index (χ2n) is 5.00. The van der Waals surface area contributed by atoms with Crippen LogP contribution in [-0.4, -0.2) is 46.0 Å². The van der Waals surface area contributed by atoms with Crippen molar-refractivity contribution in [3.63, 3.8) is 0 Å². The predicted molar refractivity (Wildman–Crippen MR) is 66.4 cm³/mol. The molecule has 0 radical (unpaired) electrons. The molecule has 1 saturated heterocycles. The lowest BCUT2D eigenvalue weighted by molar-refractivity contribution is 0.0916. The molecule has 1 heterocycles. The van der Waals surface area contributed by atoms with Crippen LogP contribution < -0.4 is 10.0 Å². The van der Waals surface area contributed by atoms with Gasteiger partial charge in [0.15, 0.2) is 0 Å². The Balaban J connectivity index is 1.87. The molecule has 0 amide bonds. The van der Waals surface area contributed by atoms with Gasteiger partial charge in [0.2, 0.25) is 10.0 Å². The summed E-state index contributed by atoms with van der Waals surface area (Å²) in [6.45, 7) is 0.935. The van der Waals surface area contributed by atoms with E-state index in [0.717, 1.165) is 38.6 Å². The summed E-state index contributed by atoms with van der Waals surface area (Å²) in [6.07, 6.45) is 4.94. The summed E-state index contributed by atoms with van der Waals surface area (Å²) in [5.74, 6) is 0.194. The van der Waals surface area contributed by atoms with Crippen LogP contribution in [0.1, 0.15) is 32.1 Å². The van der Waals surface area contributed by atoms with Gasteiger partial charge in [0.05, 0.1) is 11.9 Å². The van der Waals surface area contributed by atoms with Crippen LogP contribution in [0.3, 0.4) is 0 Å². The minimum absolute atomic E-state index is 0.0357. The van der Waals surface area contributed by atoms with Gasteiger partial charge in [-0.25, -0.2) is 13.1 Å². The summed E-state index contributed by atoms with van der Waals surface area (Å²) in [7, 11) is -1.54. The van der Waals surface area contributed by atoms with E-state index in [1.54, 1.807) is 7.11 Å². The molecule has 6 heteroatoms. The van der Waals surface area contributed by atoms with Crippen LogP contribution in [-0.2, 0) is 14.8 Å². The molecule has 3 atom stereocenters. The van der Waals surface area contributed by atoms with E-state index in [9.17, 15) is 8.42 Å². The Bertz CT molecular complexity index is 339. The molecule has 1 saturated carbocycles. The summed E-state index contributed by atoms with van der Waals surface area (Å²) < 4.78 is 32.1. The number of hydrogen-bond donors (Lipinski definition) is 2. The van der Waals surface area contributed by atoms with Crippen LogP contribution in [0.2, 0.25) is 0 Å². The first-order valence-electron chi connectivity index (χ1n) is 6.37. The smallest absolute Gasteiger partial charge is 0.213 e. The van der Waals surface area contributed by atoms with Crippen LogP contribution in [0, 0.1) is 0 Å². The van der Waals surface area contributed by atoms with E-state index < -0.39 is 10.0 Å². The zero-order valence-corrected chi connectivity index (χ0v) is 11.1. The highest BCUT2D eigenvalue weighted by molar-refractivity contribution is 7.89. The maximum Gasteiger partial charge on any atom is 0.213 e. The SMILES string of the molecule is COC1CCCC1NS(=O)(=O)CC1CCCN1. The molecule has 0 bridgehead atoms. The van der Waals surface area contributed by atoms with Crippen LogP contribution in [0.25, 0.3) is 0 Å². The summed E-state index contributed by atoms with van der Waals surface area (Å²) in [4.78, 5) is 0. The Kier molecular flexibility index (Phi) is 4.41. The molecule has 0 aromatic heterocycles. The van der Waals surface area contributed by atoms with Gasteiger partial charge in [-0.2, -0.15) is 0 Å². The fourth-order valence-electron chi connectivity index (χ4n) is 2.79. The zero-order valence-electron chi connectivity index (χ0n) is 10.3. The maximum atomic E-state index is 12.0. The average molecular weight is 262 g/mol. The van der Waals surface area contributed by atoms with Gasteiger partial charge < -0.3 is 10.1 Å². The molecule has 17 heavy (non-hydrogen) atoms. The number of ether oxygens (including phenoxy) is 1. The van der Waals surface area contributed by atoms with E-state index in [0.29, 0.717) is 0 Å². The summed E-state index contributed by atoms with van der Waals surface area (Å²) in [6, 6.07) is 0.0845. The van der Waals surface area contributed by atoms with Gasteiger partial charge in [0, 0.05) is 19.2 Å². The first-order chi connectivity index (χ1) is 8.11. The monoisotopic (exact) mass is 262 g/mol. The molecule has 2 aliphatic rings. The highest BCUT2D eigenvalue weighted by Gasteiger charge is 2.32. The molecule has 0 aromatic carbocycles. The van der Waals surface area contributed by atoms with Crippen LogP contribution in [0.15, 0.2) is 0 Å². The first-order valence-corrected chi connectivity index (χ1v) is 8.02. The van der Waals surface area contributed by atoms with Crippen molar-refractivity contribution in [2.24, 2.45) is 0 Å². The van der Waals surface area contributed by atoms with Gasteiger partial charge in [-0.15, -0.1) is 0 Å². The first kappa shape index (κ1) is 13.3. The molecule has 2 rings (SSSR count). The van der Waals surface area contributed by atoms with Gasteiger partial charge in [0.1, 0.15) is 0 Å². The van der Waals surface area contributed by atoms with Crippen LogP contribution in [0.5, 0.6) is 0 Å². The maximum absolute atomic E-state index is 12.0. The summed E-state index contributed by atoms with van der Waals surface area (Å²) >= 11 is 0. The van der Waals surface area contributed by atoms with Crippen molar-refractivity contribution < 1.29 is 13.2 Å². The molecular weight excluding hydrogens is 240 g/mol. The Morgan fingerprint density at radius 1 is 1.29 bits per heavy atom. The number of methoxy groups -OCH3 is 1. The molecule has 1 aliphatic carbocycles. The van der Waals surface area contributed by atoms with E-state index in [1.807, 2.05) is 0 Å². The van der Waals surface area contributed by atoms with Gasteiger partial charge >= 0.3 is 0 Å². The summed E-state index contributed by atoms with van der Waals surface area (Å²) in [5, 5.41) is 3.21. The molecule has 3 unspecified atom stereocenters. The van der Waals surface area contributed by atoms with Crippen LogP contribution in [0.4, 0.5) is 0 Å². The van der Waals surface area contributed by atoms with Gasteiger partial charge in [-0.1, -0.05) is 0 Å². The lowest BCUT2D eigenvalue weighted by Crippen LogP contribution is -2.44. The number of nitrogens with one attached hydrogen (secondary N) is 2. The number of hydrogen-bond acceptors (Lipinski definition) is 4. The van der Waals surface area contributed by atoms with E-state index in [2.05, 4.69) is 10.0 Å². The van der Waals surface area contributed by atoms with Crippen molar-refractivity contribution in [3.8, 4) is 0 Å². The fourth-order valence-corrected chi connectivity index (χ4v) is 4.43. The van der Waals surface area contributed by atoms with Crippen molar-refractivity contribution in [2.45, 2.75) is 50.3 Å². The lowest BCUT2D eigenvalue weighted by atomic mass is 10.2. The molecule has 0 aromatic rings. The van der Waals surface area contributed by atoms with Crippen molar-refractivity contribution in [1.82, 2.24) is 10.0 Å². The second-order valence-corrected chi connectivity index (χ2v) is 6.80. The van der Waals surface area contributed by atoms with Crippen molar-refractivity contribution in [1.29, 1.82) is 0 Å². The second kappa shape index (κ2) is 5.65. The van der Waals surface area contributed by atoms with Crippen molar-refractivity contribution >= 4 is 10.0 Å². The number of rotatable bonds is 5. The molecule has 1 aliphatic heterocycles. The Morgan fingerprint density at radius 3 is 2.76 bits per heavy atom. The van der Waals surface area contributed by atoms with E-state index in [1.165, 1.54) is 0 Å². The molecule has 5 nitrogen and oxygen atoms in total. The Morgan fingerprint density at radius 2 is 2.12 bits per heavy atom. The minimum atomic E-state index is -3.18. The number of sulfonamides is 1. The molecule has 2 N–H and O–H groups in total. The molecule has 2 fully saturated rings. The van der Waals surface area contributed by atoms with E-state index in [-0.39, 0.29) is 23.9 Å². The molecule has 0 spiro atoms. The molecule has 100 valence electrons. The Labute approximate surface area is 103 Å². The highest BCUT2D eigenvalue weighted by atomic mass is 32.2. The minimum Gasteiger partial charge on any atom is -0.380 e. The molecular formula is C11H22N2O3S. The third kappa shape index (κ3) is 3.64. The largest absolute Gasteiger partial charge is 0.380 e. The highest BCUT2D eigenvalue weighted by Crippen LogP contribution is 2.22.